The number of aldehydes is 1. The van der Waals surface area contributed by atoms with E-state index in [1.165, 1.54) is 0 Å². The molecule has 0 radical (unpaired) electrons. The third-order valence-electron chi connectivity index (χ3n) is 2.81. The number of carbonyl (C=O) groups is 2. The fraction of sp³-hybridized carbons (Fsp3) is 0.368. The smallest absolute Gasteiger partial charge is 0.408 e. The second-order valence-corrected chi connectivity index (χ2v) is 6.29. The Kier molecular flexibility index (Phi) is 9.16. The van der Waals surface area contributed by atoms with Crippen LogP contribution in [0.25, 0.3) is 0 Å². The van der Waals surface area contributed by atoms with Crippen molar-refractivity contribution >= 4 is 12.4 Å². The molecule has 0 spiro atoms. The third-order valence-corrected chi connectivity index (χ3v) is 2.81. The number of nitrogens with two attached hydrogens (primary N) is 1. The van der Waals surface area contributed by atoms with Gasteiger partial charge in [0.15, 0.2) is 0 Å². The number of hydrogen-bond donors (Lipinski definition) is 2. The second-order valence-electron chi connectivity index (χ2n) is 6.29. The molecule has 0 aliphatic heterocycles. The van der Waals surface area contributed by atoms with E-state index in [4.69, 9.17) is 10.5 Å². The van der Waals surface area contributed by atoms with Crippen LogP contribution < -0.4 is 11.1 Å². The van der Waals surface area contributed by atoms with Gasteiger partial charge in [-0.3, -0.25) is 0 Å². The lowest BCUT2D eigenvalue weighted by atomic mass is 10.1. The largest absolute Gasteiger partial charge is 0.444 e. The number of rotatable bonds is 8. The molecule has 1 unspecified atom stereocenters. The molecule has 1 amide bonds. The zero-order chi connectivity index (χ0) is 18.8. The minimum absolute atomic E-state index is 0.362. The summed E-state index contributed by atoms with van der Waals surface area (Å²) in [4.78, 5) is 22.9. The van der Waals surface area contributed by atoms with Crippen LogP contribution in [0.2, 0.25) is 0 Å². The third kappa shape index (κ3) is 9.46. The number of hydrogen-bond acceptors (Lipinski definition) is 4. The quantitative estimate of drug-likeness (QED) is 0.526. The Morgan fingerprint density at radius 3 is 2.33 bits per heavy atom. The lowest BCUT2D eigenvalue weighted by Gasteiger charge is -2.21. The Morgan fingerprint density at radius 1 is 1.25 bits per heavy atom. The molecule has 0 rings (SSSR count). The molecule has 24 heavy (non-hydrogen) atoms. The van der Waals surface area contributed by atoms with Crippen LogP contribution in [0.3, 0.4) is 0 Å². The van der Waals surface area contributed by atoms with Crippen LogP contribution in [0.15, 0.2) is 60.4 Å². The van der Waals surface area contributed by atoms with Crippen molar-refractivity contribution in [3.8, 4) is 0 Å². The van der Waals surface area contributed by atoms with Crippen molar-refractivity contribution in [3.05, 3.63) is 60.4 Å². The molecule has 0 aromatic rings. The van der Waals surface area contributed by atoms with Crippen molar-refractivity contribution in [3.63, 3.8) is 0 Å². The number of allylic oxidation sites excluding steroid dienone is 5. The maximum absolute atomic E-state index is 11.7. The van der Waals surface area contributed by atoms with Crippen molar-refractivity contribution in [1.29, 1.82) is 0 Å². The molecule has 1 atom stereocenters. The highest BCUT2D eigenvalue weighted by molar-refractivity contribution is 5.73. The first kappa shape index (κ1) is 21.4. The molecule has 0 bridgehead atoms. The van der Waals surface area contributed by atoms with E-state index in [1.54, 1.807) is 51.2 Å². The number of alkyl carbamates (subject to hydrolysis) is 1. The van der Waals surface area contributed by atoms with Gasteiger partial charge >= 0.3 is 6.09 Å². The van der Waals surface area contributed by atoms with Crippen LogP contribution in [0.1, 0.15) is 34.1 Å². The fourth-order valence-corrected chi connectivity index (χ4v) is 1.74. The Morgan fingerprint density at radius 2 is 1.88 bits per heavy atom. The first-order chi connectivity index (χ1) is 11.1. The second kappa shape index (κ2) is 10.3. The van der Waals surface area contributed by atoms with Gasteiger partial charge in [0, 0.05) is 5.70 Å². The molecule has 3 N–H and O–H groups in total. The fourth-order valence-electron chi connectivity index (χ4n) is 1.74. The maximum Gasteiger partial charge on any atom is 0.408 e. The minimum Gasteiger partial charge on any atom is -0.444 e. The van der Waals surface area contributed by atoms with Gasteiger partial charge in [0.05, 0.1) is 6.04 Å². The van der Waals surface area contributed by atoms with Gasteiger partial charge in [0.1, 0.15) is 11.9 Å². The summed E-state index contributed by atoms with van der Waals surface area (Å²) in [6, 6.07) is -0.659. The number of ether oxygens (including phenoxy) is 1. The van der Waals surface area contributed by atoms with Crippen molar-refractivity contribution in [2.75, 3.05) is 0 Å². The topological polar surface area (TPSA) is 81.4 Å². The highest BCUT2D eigenvalue weighted by atomic mass is 16.6. The molecule has 0 saturated heterocycles. The van der Waals surface area contributed by atoms with Gasteiger partial charge in [0.25, 0.3) is 0 Å². The van der Waals surface area contributed by atoms with Crippen molar-refractivity contribution < 1.29 is 14.3 Å². The van der Waals surface area contributed by atoms with Crippen LogP contribution in [-0.2, 0) is 9.53 Å². The lowest BCUT2D eigenvalue weighted by molar-refractivity contribution is -0.109. The van der Waals surface area contributed by atoms with E-state index in [1.807, 2.05) is 6.92 Å². The van der Waals surface area contributed by atoms with Gasteiger partial charge in [0.2, 0.25) is 0 Å². The predicted molar refractivity (Wildman–Crippen MR) is 98.3 cm³/mol. The summed E-state index contributed by atoms with van der Waals surface area (Å²) in [7, 11) is 0. The molecule has 0 saturated carbocycles. The summed E-state index contributed by atoms with van der Waals surface area (Å²) in [5, 5.41) is 2.53. The van der Waals surface area contributed by atoms with Crippen LogP contribution in [0, 0.1) is 0 Å². The first-order valence-electron chi connectivity index (χ1n) is 7.66. The van der Waals surface area contributed by atoms with Crippen molar-refractivity contribution in [2.24, 2.45) is 5.73 Å². The van der Waals surface area contributed by atoms with E-state index in [2.05, 4.69) is 18.5 Å². The SMILES string of the molecule is C=C/C=C(C=C)/C(N)=C/C=C(\C)CC(C=O)NC(=O)OC(C)(C)C. The first-order valence-corrected chi connectivity index (χ1v) is 7.66. The van der Waals surface area contributed by atoms with E-state index in [0.29, 0.717) is 18.4 Å². The molecule has 0 aliphatic rings. The molecule has 132 valence electrons. The Hall–Kier alpha value is -2.56. The highest BCUT2D eigenvalue weighted by Gasteiger charge is 2.19. The lowest BCUT2D eigenvalue weighted by Crippen LogP contribution is -2.40. The molecule has 0 aliphatic carbocycles. The van der Waals surface area contributed by atoms with Gasteiger partial charge < -0.3 is 20.6 Å². The molecular formula is C19H28N2O3. The summed E-state index contributed by atoms with van der Waals surface area (Å²) >= 11 is 0. The summed E-state index contributed by atoms with van der Waals surface area (Å²) in [6.07, 6.45) is 8.95. The summed E-state index contributed by atoms with van der Waals surface area (Å²) in [6.45, 7) is 14.4. The monoisotopic (exact) mass is 332 g/mol. The van der Waals surface area contributed by atoms with Gasteiger partial charge in [-0.1, -0.05) is 43.0 Å². The zero-order valence-electron chi connectivity index (χ0n) is 15.0. The van der Waals surface area contributed by atoms with Gasteiger partial charge in [-0.2, -0.15) is 0 Å². The molecule has 0 fully saturated rings. The van der Waals surface area contributed by atoms with Crippen LogP contribution in [0.5, 0.6) is 0 Å². The molecule has 5 heteroatoms. The van der Waals surface area contributed by atoms with Gasteiger partial charge in [-0.15, -0.1) is 0 Å². The molecule has 0 heterocycles. The zero-order valence-corrected chi connectivity index (χ0v) is 15.0. The van der Waals surface area contributed by atoms with E-state index >= 15 is 0 Å². The van der Waals surface area contributed by atoms with E-state index in [0.717, 1.165) is 11.1 Å². The average Bonchev–Trinajstić information content (AvgIpc) is 2.47. The van der Waals surface area contributed by atoms with Gasteiger partial charge in [-0.25, -0.2) is 4.79 Å². The number of carbonyl (C=O) groups excluding carboxylic acids is 2. The standard InChI is InChI=1S/C19H28N2O3/c1-7-9-15(8-2)17(20)11-10-14(3)12-16(13-22)21-18(23)24-19(4,5)6/h7-11,13,16H,1-2,12,20H2,3-6H3,(H,21,23)/b14-10+,15-9+,17-11-. The van der Waals surface area contributed by atoms with Crippen molar-refractivity contribution in [1.82, 2.24) is 5.32 Å². The predicted octanol–water partition coefficient (Wildman–Crippen LogP) is 3.56. The normalized spacial score (nSPS) is 14.6. The minimum atomic E-state index is -0.659. The Bertz CT molecular complexity index is 564. The molecule has 0 aromatic carbocycles. The van der Waals surface area contributed by atoms with E-state index in [-0.39, 0.29) is 0 Å². The van der Waals surface area contributed by atoms with E-state index in [9.17, 15) is 9.59 Å². The summed E-state index contributed by atoms with van der Waals surface area (Å²) in [5.41, 5.74) is 7.51. The molecule has 0 aromatic heterocycles. The maximum atomic E-state index is 11.7. The van der Waals surface area contributed by atoms with Crippen LogP contribution >= 0.6 is 0 Å². The van der Waals surface area contributed by atoms with Gasteiger partial charge in [-0.05, 0) is 45.8 Å². The van der Waals surface area contributed by atoms with Crippen molar-refractivity contribution in [2.45, 2.75) is 45.8 Å². The van der Waals surface area contributed by atoms with E-state index < -0.39 is 17.7 Å². The number of nitrogens with one attached hydrogen (secondary N) is 1. The molecule has 5 nitrogen and oxygen atoms in total. The van der Waals surface area contributed by atoms with Crippen LogP contribution in [-0.4, -0.2) is 24.0 Å². The molecular weight excluding hydrogens is 304 g/mol. The number of amides is 1. The Balaban J connectivity index is 4.86. The summed E-state index contributed by atoms with van der Waals surface area (Å²) < 4.78 is 5.13. The highest BCUT2D eigenvalue weighted by Crippen LogP contribution is 2.10. The average molecular weight is 332 g/mol. The Labute approximate surface area is 144 Å². The summed E-state index contributed by atoms with van der Waals surface area (Å²) in [5.74, 6) is 0. The van der Waals surface area contributed by atoms with Crippen LogP contribution in [0.4, 0.5) is 4.79 Å².